The Balaban J connectivity index is 2.34. The van der Waals surface area contributed by atoms with E-state index in [9.17, 15) is 13.2 Å². The average Bonchev–Trinajstić information content (AvgIpc) is 2.55. The van der Waals surface area contributed by atoms with Gasteiger partial charge >= 0.3 is 0 Å². The maximum Gasteiger partial charge on any atom is 0.263 e. The van der Waals surface area contributed by atoms with Crippen molar-refractivity contribution in [2.75, 3.05) is 4.72 Å². The van der Waals surface area contributed by atoms with Crippen LogP contribution < -0.4 is 10.0 Å². The average molecular weight is 411 g/mol. The van der Waals surface area contributed by atoms with Crippen molar-refractivity contribution in [1.82, 2.24) is 5.32 Å². The fourth-order valence-corrected chi connectivity index (χ4v) is 4.12. The van der Waals surface area contributed by atoms with Crippen LogP contribution in [0.25, 0.3) is 0 Å². The molecule has 24 heavy (non-hydrogen) atoms. The van der Waals surface area contributed by atoms with Gasteiger partial charge in [0.1, 0.15) is 4.90 Å². The standard InChI is InChI=1S/C17H19BrN2O3S/c1-3-12(2)19-17(21)13-8-4-6-10-15(13)20-24(22,23)16-11-7-5-9-14(16)18/h4-12,20H,3H2,1-2H3,(H,19,21)/t12-/m1/s1. The van der Waals surface area contributed by atoms with Crippen LogP contribution in [-0.2, 0) is 10.0 Å². The molecular formula is C17H19BrN2O3S. The van der Waals surface area contributed by atoms with E-state index in [1.54, 1.807) is 42.5 Å². The summed E-state index contributed by atoms with van der Waals surface area (Å²) in [7, 11) is -3.81. The van der Waals surface area contributed by atoms with Gasteiger partial charge in [-0.15, -0.1) is 0 Å². The lowest BCUT2D eigenvalue weighted by molar-refractivity contribution is 0.0940. The van der Waals surface area contributed by atoms with Gasteiger partial charge in [0.15, 0.2) is 0 Å². The molecule has 0 aliphatic carbocycles. The normalized spacial score (nSPS) is 12.5. The summed E-state index contributed by atoms with van der Waals surface area (Å²) in [5, 5.41) is 2.84. The molecule has 0 radical (unpaired) electrons. The van der Waals surface area contributed by atoms with Crippen LogP contribution >= 0.6 is 15.9 Å². The number of sulfonamides is 1. The molecule has 0 saturated heterocycles. The van der Waals surface area contributed by atoms with Gasteiger partial charge in [-0.05, 0) is 53.5 Å². The Morgan fingerprint density at radius 2 is 1.75 bits per heavy atom. The second-order valence-electron chi connectivity index (χ2n) is 5.36. The maximum atomic E-state index is 12.6. The number of benzene rings is 2. The zero-order chi connectivity index (χ0) is 17.7. The molecular weight excluding hydrogens is 392 g/mol. The summed E-state index contributed by atoms with van der Waals surface area (Å²) in [5.41, 5.74) is 0.530. The Morgan fingerprint density at radius 3 is 2.42 bits per heavy atom. The summed E-state index contributed by atoms with van der Waals surface area (Å²) in [6.07, 6.45) is 0.788. The van der Waals surface area contributed by atoms with Gasteiger partial charge in [0.25, 0.3) is 15.9 Å². The molecule has 0 aromatic heterocycles. The monoisotopic (exact) mass is 410 g/mol. The van der Waals surface area contributed by atoms with Crippen LogP contribution in [0.1, 0.15) is 30.6 Å². The Kier molecular flexibility index (Phi) is 6.01. The molecule has 2 aromatic rings. The van der Waals surface area contributed by atoms with Crippen molar-refractivity contribution in [3.05, 3.63) is 58.6 Å². The second-order valence-corrected chi connectivity index (χ2v) is 7.87. The van der Waals surface area contributed by atoms with Crippen LogP contribution in [0.15, 0.2) is 57.9 Å². The zero-order valence-electron chi connectivity index (χ0n) is 13.4. The number of amides is 1. The SMILES string of the molecule is CC[C@@H](C)NC(=O)c1ccccc1NS(=O)(=O)c1ccccc1Br. The van der Waals surface area contributed by atoms with E-state index < -0.39 is 10.0 Å². The summed E-state index contributed by atoms with van der Waals surface area (Å²) >= 11 is 3.24. The van der Waals surface area contributed by atoms with Gasteiger partial charge in [-0.1, -0.05) is 31.2 Å². The van der Waals surface area contributed by atoms with Crippen molar-refractivity contribution in [3.63, 3.8) is 0 Å². The highest BCUT2D eigenvalue weighted by atomic mass is 79.9. The highest BCUT2D eigenvalue weighted by Gasteiger charge is 2.20. The third-order valence-corrected chi connectivity index (χ3v) is 5.91. The third kappa shape index (κ3) is 4.36. The van der Waals surface area contributed by atoms with E-state index in [1.165, 1.54) is 6.07 Å². The third-order valence-electron chi connectivity index (χ3n) is 3.53. The predicted molar refractivity (Wildman–Crippen MR) is 98.6 cm³/mol. The minimum Gasteiger partial charge on any atom is -0.350 e. The Hall–Kier alpha value is -1.86. The molecule has 1 atom stereocenters. The van der Waals surface area contributed by atoms with E-state index in [0.717, 1.165) is 6.42 Å². The molecule has 0 unspecified atom stereocenters. The molecule has 0 aliphatic rings. The molecule has 0 fully saturated rings. The molecule has 1 amide bonds. The number of rotatable bonds is 6. The molecule has 0 spiro atoms. The van der Waals surface area contributed by atoms with E-state index in [1.807, 2.05) is 13.8 Å². The van der Waals surface area contributed by atoms with E-state index in [2.05, 4.69) is 26.0 Å². The Bertz CT molecular complexity index is 837. The number of anilines is 1. The van der Waals surface area contributed by atoms with Gasteiger partial charge in [0, 0.05) is 10.5 Å². The van der Waals surface area contributed by atoms with Gasteiger partial charge in [-0.25, -0.2) is 8.42 Å². The predicted octanol–water partition coefficient (Wildman–Crippen LogP) is 3.78. The fraction of sp³-hybridized carbons (Fsp3) is 0.235. The van der Waals surface area contributed by atoms with Gasteiger partial charge in [-0.3, -0.25) is 9.52 Å². The van der Waals surface area contributed by atoms with E-state index in [0.29, 0.717) is 4.47 Å². The molecule has 0 aliphatic heterocycles. The van der Waals surface area contributed by atoms with Gasteiger partial charge in [0.05, 0.1) is 11.3 Å². The van der Waals surface area contributed by atoms with Crippen LogP contribution in [0.3, 0.4) is 0 Å². The molecule has 7 heteroatoms. The maximum absolute atomic E-state index is 12.6. The van der Waals surface area contributed by atoms with Crippen molar-refractivity contribution in [1.29, 1.82) is 0 Å². The number of carbonyl (C=O) groups is 1. The lowest BCUT2D eigenvalue weighted by Gasteiger charge is -2.15. The first-order valence-electron chi connectivity index (χ1n) is 7.52. The van der Waals surface area contributed by atoms with Crippen molar-refractivity contribution < 1.29 is 13.2 Å². The molecule has 2 N–H and O–H groups in total. The summed E-state index contributed by atoms with van der Waals surface area (Å²) in [6.45, 7) is 3.86. The highest BCUT2D eigenvalue weighted by Crippen LogP contribution is 2.25. The van der Waals surface area contributed by atoms with E-state index in [4.69, 9.17) is 0 Å². The first-order chi connectivity index (χ1) is 11.3. The number of para-hydroxylation sites is 1. The lowest BCUT2D eigenvalue weighted by Crippen LogP contribution is -2.32. The number of halogens is 1. The van der Waals surface area contributed by atoms with E-state index in [-0.39, 0.29) is 28.1 Å². The highest BCUT2D eigenvalue weighted by molar-refractivity contribution is 9.10. The molecule has 0 heterocycles. The number of hydrogen-bond donors (Lipinski definition) is 2. The number of carbonyl (C=O) groups excluding carboxylic acids is 1. The van der Waals surface area contributed by atoms with Crippen LogP contribution in [-0.4, -0.2) is 20.4 Å². The second kappa shape index (κ2) is 7.81. The van der Waals surface area contributed by atoms with Crippen LogP contribution in [0.5, 0.6) is 0 Å². The minimum absolute atomic E-state index is 0.00503. The minimum atomic E-state index is -3.81. The molecule has 128 valence electrons. The van der Waals surface area contributed by atoms with Crippen LogP contribution in [0.4, 0.5) is 5.69 Å². The molecule has 2 aromatic carbocycles. The molecule has 2 rings (SSSR count). The summed E-state index contributed by atoms with van der Waals surface area (Å²) < 4.78 is 28.2. The van der Waals surface area contributed by atoms with Gasteiger partial charge < -0.3 is 5.32 Å². The molecule has 0 saturated carbocycles. The largest absolute Gasteiger partial charge is 0.350 e. The quantitative estimate of drug-likeness (QED) is 0.760. The van der Waals surface area contributed by atoms with Crippen LogP contribution in [0, 0.1) is 0 Å². The van der Waals surface area contributed by atoms with E-state index >= 15 is 0 Å². The smallest absolute Gasteiger partial charge is 0.263 e. The van der Waals surface area contributed by atoms with Crippen molar-refractivity contribution >= 4 is 37.5 Å². The molecule has 0 bridgehead atoms. The molecule has 5 nitrogen and oxygen atoms in total. The van der Waals surface area contributed by atoms with Gasteiger partial charge in [0.2, 0.25) is 0 Å². The topological polar surface area (TPSA) is 75.3 Å². The van der Waals surface area contributed by atoms with Crippen LogP contribution in [0.2, 0.25) is 0 Å². The summed E-state index contributed by atoms with van der Waals surface area (Å²) in [6, 6.07) is 13.1. The Morgan fingerprint density at radius 1 is 1.12 bits per heavy atom. The van der Waals surface area contributed by atoms with Crippen molar-refractivity contribution in [2.45, 2.75) is 31.2 Å². The van der Waals surface area contributed by atoms with Crippen molar-refractivity contribution in [2.24, 2.45) is 0 Å². The summed E-state index contributed by atoms with van der Waals surface area (Å²) in [5.74, 6) is -0.310. The summed E-state index contributed by atoms with van der Waals surface area (Å²) in [4.78, 5) is 12.5. The first kappa shape index (κ1) is 18.5. The lowest BCUT2D eigenvalue weighted by atomic mass is 10.1. The fourth-order valence-electron chi connectivity index (χ4n) is 2.04. The first-order valence-corrected chi connectivity index (χ1v) is 9.80. The van der Waals surface area contributed by atoms with Gasteiger partial charge in [-0.2, -0.15) is 0 Å². The number of nitrogens with one attached hydrogen (secondary N) is 2. The Labute approximate surface area is 150 Å². The van der Waals surface area contributed by atoms with Crippen molar-refractivity contribution in [3.8, 4) is 0 Å². The number of hydrogen-bond acceptors (Lipinski definition) is 3. The zero-order valence-corrected chi connectivity index (χ0v) is 15.8.